The van der Waals surface area contributed by atoms with Crippen molar-refractivity contribution in [1.82, 2.24) is 9.71 Å². The van der Waals surface area contributed by atoms with E-state index >= 15 is 0 Å². The Bertz CT molecular complexity index is 1100. The van der Waals surface area contributed by atoms with Crippen molar-refractivity contribution in [2.75, 3.05) is 7.11 Å². The van der Waals surface area contributed by atoms with Crippen LogP contribution in [0.1, 0.15) is 16.7 Å². The average Bonchev–Trinajstić information content (AvgIpc) is 2.61. The molecule has 0 spiro atoms. The Morgan fingerprint density at radius 1 is 1.08 bits per heavy atom. The number of benzene rings is 2. The summed E-state index contributed by atoms with van der Waals surface area (Å²) in [6, 6.07) is 14.3. The first-order valence-electron chi connectivity index (χ1n) is 8.10. The Morgan fingerprint density at radius 3 is 2.58 bits per heavy atom. The first kappa shape index (κ1) is 18.2. The number of hydrogen-bond donors (Lipinski definition) is 2. The summed E-state index contributed by atoms with van der Waals surface area (Å²) in [6.07, 6.45) is 0. The number of aromatic nitrogens is 1. The number of methoxy groups -OCH3 is 1. The summed E-state index contributed by atoms with van der Waals surface area (Å²) in [5.41, 5.74) is 2.32. The van der Waals surface area contributed by atoms with E-state index < -0.39 is 10.0 Å². The Hall–Kier alpha value is -2.64. The summed E-state index contributed by atoms with van der Waals surface area (Å²) in [5, 5.41) is 0.804. The first-order valence-corrected chi connectivity index (χ1v) is 9.75. The predicted molar refractivity (Wildman–Crippen MR) is 102 cm³/mol. The van der Waals surface area contributed by atoms with Gasteiger partial charge in [0.2, 0.25) is 10.0 Å². The lowest BCUT2D eigenvalue weighted by Gasteiger charge is -2.09. The van der Waals surface area contributed by atoms with Crippen LogP contribution in [0.25, 0.3) is 10.9 Å². The molecule has 136 valence electrons. The van der Waals surface area contributed by atoms with Gasteiger partial charge in [-0.15, -0.1) is 0 Å². The third-order valence-electron chi connectivity index (χ3n) is 4.22. The van der Waals surface area contributed by atoms with Gasteiger partial charge in [-0.05, 0) is 41.6 Å². The van der Waals surface area contributed by atoms with Crippen molar-refractivity contribution in [2.24, 2.45) is 0 Å². The van der Waals surface area contributed by atoms with Gasteiger partial charge in [0.15, 0.2) is 0 Å². The molecular weight excluding hydrogens is 352 g/mol. The molecule has 6 nitrogen and oxygen atoms in total. The van der Waals surface area contributed by atoms with E-state index in [0.717, 1.165) is 16.5 Å². The van der Waals surface area contributed by atoms with Gasteiger partial charge in [0, 0.05) is 18.2 Å². The number of fused-ring (bicyclic) bond motifs is 1. The minimum Gasteiger partial charge on any atom is -0.497 e. The number of nitrogens with one attached hydrogen (secondary N) is 2. The number of H-pyrrole nitrogens is 1. The monoisotopic (exact) mass is 372 g/mol. The molecule has 0 atom stereocenters. The smallest absolute Gasteiger partial charge is 0.252 e. The zero-order chi connectivity index (χ0) is 18.7. The fourth-order valence-corrected chi connectivity index (χ4v) is 3.91. The van der Waals surface area contributed by atoms with E-state index in [2.05, 4.69) is 9.71 Å². The fraction of sp³-hybridized carbons (Fsp3) is 0.211. The van der Waals surface area contributed by atoms with Crippen molar-refractivity contribution in [1.29, 1.82) is 0 Å². The topological polar surface area (TPSA) is 88.3 Å². The van der Waals surface area contributed by atoms with E-state index in [9.17, 15) is 13.2 Å². The van der Waals surface area contributed by atoms with Gasteiger partial charge in [0.25, 0.3) is 5.56 Å². The molecule has 3 rings (SSSR count). The Labute approximate surface area is 151 Å². The number of ether oxygens (including phenoxy) is 1. The lowest BCUT2D eigenvalue weighted by molar-refractivity contribution is 0.415. The third kappa shape index (κ3) is 4.12. The molecule has 2 aromatic carbocycles. The maximum atomic E-state index is 12.3. The molecule has 0 radical (unpaired) electrons. The summed E-state index contributed by atoms with van der Waals surface area (Å²) in [7, 11) is -2.01. The second-order valence-corrected chi connectivity index (χ2v) is 7.89. The highest BCUT2D eigenvalue weighted by molar-refractivity contribution is 7.88. The van der Waals surface area contributed by atoms with E-state index in [1.54, 1.807) is 37.4 Å². The summed E-state index contributed by atoms with van der Waals surface area (Å²) in [4.78, 5) is 15.0. The Balaban J connectivity index is 1.79. The average molecular weight is 372 g/mol. The number of hydrogen-bond acceptors (Lipinski definition) is 4. The highest BCUT2D eigenvalue weighted by atomic mass is 32.2. The van der Waals surface area contributed by atoms with Gasteiger partial charge in [-0.25, -0.2) is 13.1 Å². The van der Waals surface area contributed by atoms with Crippen molar-refractivity contribution in [3.05, 3.63) is 75.6 Å². The molecule has 0 aliphatic heterocycles. The molecule has 0 aliphatic rings. The number of aryl methyl sites for hydroxylation is 1. The van der Waals surface area contributed by atoms with Crippen molar-refractivity contribution >= 4 is 20.9 Å². The van der Waals surface area contributed by atoms with Crippen molar-refractivity contribution in [3.63, 3.8) is 0 Å². The molecule has 0 amide bonds. The van der Waals surface area contributed by atoms with Gasteiger partial charge in [0.1, 0.15) is 5.75 Å². The molecule has 26 heavy (non-hydrogen) atoms. The van der Waals surface area contributed by atoms with Gasteiger partial charge in [-0.3, -0.25) is 4.79 Å². The second kappa shape index (κ2) is 7.31. The van der Waals surface area contributed by atoms with E-state index in [0.29, 0.717) is 16.8 Å². The maximum Gasteiger partial charge on any atom is 0.252 e. The number of sulfonamides is 1. The SMILES string of the molecule is COc1ccc2cc(CNS(=O)(=O)Cc3ccccc3C)c(=O)[nH]c2c1. The molecule has 0 bridgehead atoms. The van der Waals surface area contributed by atoms with E-state index in [-0.39, 0.29) is 17.9 Å². The van der Waals surface area contributed by atoms with Crippen molar-refractivity contribution in [3.8, 4) is 5.75 Å². The van der Waals surface area contributed by atoms with Crippen LogP contribution in [-0.2, 0) is 22.3 Å². The lowest BCUT2D eigenvalue weighted by atomic mass is 10.1. The lowest BCUT2D eigenvalue weighted by Crippen LogP contribution is -2.28. The molecule has 0 saturated heterocycles. The minimum atomic E-state index is -3.56. The van der Waals surface area contributed by atoms with Gasteiger partial charge in [0.05, 0.1) is 18.4 Å². The summed E-state index contributed by atoms with van der Waals surface area (Å²) < 4.78 is 32.3. The van der Waals surface area contributed by atoms with Gasteiger partial charge < -0.3 is 9.72 Å². The molecular formula is C19H20N2O4S. The van der Waals surface area contributed by atoms with Crippen LogP contribution in [0.5, 0.6) is 5.75 Å². The fourth-order valence-electron chi connectivity index (χ4n) is 2.70. The largest absolute Gasteiger partial charge is 0.497 e. The van der Waals surface area contributed by atoms with Crippen LogP contribution in [0.4, 0.5) is 0 Å². The van der Waals surface area contributed by atoms with Crippen LogP contribution in [0.3, 0.4) is 0 Å². The van der Waals surface area contributed by atoms with Crippen molar-refractivity contribution < 1.29 is 13.2 Å². The standard InChI is InChI=1S/C19H20N2O4S/c1-13-5-3-4-6-15(13)12-26(23,24)20-11-16-9-14-7-8-17(25-2)10-18(14)21-19(16)22/h3-10,20H,11-12H2,1-2H3,(H,21,22). The first-order chi connectivity index (χ1) is 12.4. The minimum absolute atomic E-state index is 0.0640. The van der Waals surface area contributed by atoms with Crippen LogP contribution in [0.15, 0.2) is 53.3 Å². The van der Waals surface area contributed by atoms with E-state index in [1.807, 2.05) is 25.1 Å². The number of aromatic amines is 1. The number of pyridine rings is 1. The predicted octanol–water partition coefficient (Wildman–Crippen LogP) is 2.46. The van der Waals surface area contributed by atoms with Gasteiger partial charge >= 0.3 is 0 Å². The van der Waals surface area contributed by atoms with Crippen LogP contribution < -0.4 is 15.0 Å². The zero-order valence-electron chi connectivity index (χ0n) is 14.6. The molecule has 0 aliphatic carbocycles. The summed E-state index contributed by atoms with van der Waals surface area (Å²) >= 11 is 0. The van der Waals surface area contributed by atoms with E-state index in [1.165, 1.54) is 0 Å². The maximum absolute atomic E-state index is 12.3. The second-order valence-electron chi connectivity index (χ2n) is 6.08. The normalized spacial score (nSPS) is 11.6. The highest BCUT2D eigenvalue weighted by Gasteiger charge is 2.14. The molecule has 0 fully saturated rings. The molecule has 1 heterocycles. The zero-order valence-corrected chi connectivity index (χ0v) is 15.4. The Morgan fingerprint density at radius 2 is 1.85 bits per heavy atom. The van der Waals surface area contributed by atoms with Gasteiger partial charge in [-0.1, -0.05) is 24.3 Å². The molecule has 2 N–H and O–H groups in total. The van der Waals surface area contributed by atoms with Crippen molar-refractivity contribution in [2.45, 2.75) is 19.2 Å². The van der Waals surface area contributed by atoms with Gasteiger partial charge in [-0.2, -0.15) is 0 Å². The molecule has 0 unspecified atom stereocenters. The third-order valence-corrected chi connectivity index (χ3v) is 5.49. The summed E-state index contributed by atoms with van der Waals surface area (Å²) in [6.45, 7) is 1.80. The molecule has 7 heteroatoms. The van der Waals surface area contributed by atoms with Crippen LogP contribution in [0.2, 0.25) is 0 Å². The molecule has 1 aromatic heterocycles. The summed E-state index contributed by atoms with van der Waals surface area (Å²) in [5.74, 6) is 0.516. The quantitative estimate of drug-likeness (QED) is 0.696. The number of rotatable bonds is 6. The van der Waals surface area contributed by atoms with Crippen LogP contribution >= 0.6 is 0 Å². The van der Waals surface area contributed by atoms with E-state index in [4.69, 9.17) is 4.74 Å². The van der Waals surface area contributed by atoms with Crippen LogP contribution in [-0.4, -0.2) is 20.5 Å². The highest BCUT2D eigenvalue weighted by Crippen LogP contribution is 2.18. The molecule has 0 saturated carbocycles. The molecule has 3 aromatic rings. The Kier molecular flexibility index (Phi) is 5.11. The van der Waals surface area contributed by atoms with Crippen LogP contribution in [0, 0.1) is 6.92 Å².